The highest BCUT2D eigenvalue weighted by atomic mass is 19.4. The molecule has 2 amide bonds. The quantitative estimate of drug-likeness (QED) is 0.496. The van der Waals surface area contributed by atoms with Crippen LogP contribution in [0.4, 0.5) is 13.2 Å². The van der Waals surface area contributed by atoms with E-state index in [1.165, 1.54) is 28.4 Å². The summed E-state index contributed by atoms with van der Waals surface area (Å²) in [5, 5.41) is 1.92. The molecule has 4 rings (SSSR count). The van der Waals surface area contributed by atoms with Gasteiger partial charge < -0.3 is 29.2 Å². The van der Waals surface area contributed by atoms with Gasteiger partial charge in [-0.25, -0.2) is 0 Å². The number of methoxy groups -OCH3 is 4. The Morgan fingerprint density at radius 1 is 0.927 bits per heavy atom. The zero-order chi connectivity index (χ0) is 30.3. The number of Topliss-reactive ketones (excluding diaryl/α,β-unsaturated/α-hetero) is 1. The van der Waals surface area contributed by atoms with Crippen LogP contribution in [0.1, 0.15) is 42.6 Å². The molecule has 0 spiro atoms. The Morgan fingerprint density at radius 3 is 2.05 bits per heavy atom. The summed E-state index contributed by atoms with van der Waals surface area (Å²) in [6.45, 7) is 3.17. The van der Waals surface area contributed by atoms with Gasteiger partial charge >= 0.3 is 6.18 Å². The summed E-state index contributed by atoms with van der Waals surface area (Å²) in [5.41, 5.74) is -5.06. The molecule has 0 unspecified atom stereocenters. The lowest BCUT2D eigenvalue weighted by Crippen LogP contribution is -2.66. The summed E-state index contributed by atoms with van der Waals surface area (Å²) in [7, 11) is 5.30. The summed E-state index contributed by atoms with van der Waals surface area (Å²) in [6, 6.07) is 8.90. The first-order valence-corrected chi connectivity index (χ1v) is 12.6. The van der Waals surface area contributed by atoms with Gasteiger partial charge in [0.25, 0.3) is 11.8 Å². The molecule has 1 N–H and O–H groups in total. The SMILES string of the molecule is COc1ccccc1CN1C(=O)[C@@](NC(=O)c2cc(OC)c(OC)c(OC)c2)(C(F)(F)F)C2=C1CC(C)(C)CC2=O. The number of rotatable bonds is 8. The Kier molecular flexibility index (Phi) is 7.72. The van der Waals surface area contributed by atoms with Crippen LogP contribution in [0.25, 0.3) is 0 Å². The lowest BCUT2D eigenvalue weighted by molar-refractivity contribution is -0.190. The first-order valence-electron chi connectivity index (χ1n) is 12.6. The van der Waals surface area contributed by atoms with Crippen molar-refractivity contribution in [3.05, 3.63) is 58.8 Å². The molecule has 2 aromatic rings. The number of amides is 2. The summed E-state index contributed by atoms with van der Waals surface area (Å²) in [6.07, 6.45) is -5.60. The molecule has 1 aliphatic carbocycles. The number of alkyl halides is 3. The number of halogens is 3. The number of hydrogen-bond acceptors (Lipinski definition) is 7. The van der Waals surface area contributed by atoms with E-state index in [0.717, 1.165) is 17.0 Å². The van der Waals surface area contributed by atoms with E-state index in [2.05, 4.69) is 0 Å². The van der Waals surface area contributed by atoms with Gasteiger partial charge in [-0.15, -0.1) is 0 Å². The number of allylic oxidation sites excluding steroid dienone is 1. The van der Waals surface area contributed by atoms with Gasteiger partial charge in [0, 0.05) is 23.2 Å². The van der Waals surface area contributed by atoms with E-state index in [0.29, 0.717) is 11.3 Å². The highest BCUT2D eigenvalue weighted by Gasteiger charge is 2.71. The maximum Gasteiger partial charge on any atom is 0.425 e. The first kappa shape index (κ1) is 29.8. The molecule has 0 radical (unpaired) electrons. The normalized spacial score (nSPS) is 20.1. The van der Waals surface area contributed by atoms with Gasteiger partial charge in [-0.05, 0) is 30.0 Å². The zero-order valence-electron chi connectivity index (χ0n) is 23.5. The molecule has 0 fully saturated rings. The smallest absolute Gasteiger partial charge is 0.425 e. The number of hydrogen-bond donors (Lipinski definition) is 1. The van der Waals surface area contributed by atoms with E-state index in [4.69, 9.17) is 18.9 Å². The minimum absolute atomic E-state index is 0.00679. The number of ether oxygens (including phenoxy) is 4. The monoisotopic (exact) mass is 576 g/mol. The van der Waals surface area contributed by atoms with Crippen molar-refractivity contribution in [3.8, 4) is 23.0 Å². The van der Waals surface area contributed by atoms with Crippen LogP contribution in [0, 0.1) is 5.41 Å². The second-order valence-electron chi connectivity index (χ2n) is 10.6. The number of nitrogens with zero attached hydrogens (tertiary/aromatic N) is 1. The minimum Gasteiger partial charge on any atom is -0.496 e. The molecule has 0 aromatic heterocycles. The molecule has 0 bridgehead atoms. The Balaban J connectivity index is 1.89. The number of carbonyl (C=O) groups excluding carboxylic acids is 3. The van der Waals surface area contributed by atoms with Crippen molar-refractivity contribution >= 4 is 17.6 Å². The molecule has 0 saturated carbocycles. The van der Waals surface area contributed by atoms with Crippen molar-refractivity contribution in [2.75, 3.05) is 28.4 Å². The molecule has 1 heterocycles. The topological polar surface area (TPSA) is 103 Å². The molecule has 2 aromatic carbocycles. The first-order chi connectivity index (χ1) is 19.2. The fourth-order valence-electron chi connectivity index (χ4n) is 5.45. The zero-order valence-corrected chi connectivity index (χ0v) is 23.5. The van der Waals surface area contributed by atoms with Gasteiger partial charge in [0.2, 0.25) is 11.3 Å². The third-order valence-corrected chi connectivity index (χ3v) is 7.29. The second kappa shape index (κ2) is 10.6. The highest BCUT2D eigenvalue weighted by molar-refractivity contribution is 6.14. The fourth-order valence-corrected chi connectivity index (χ4v) is 5.45. The average molecular weight is 577 g/mol. The van der Waals surface area contributed by atoms with Crippen LogP contribution in [-0.2, 0) is 16.1 Å². The van der Waals surface area contributed by atoms with Crippen LogP contribution in [0.5, 0.6) is 23.0 Å². The maximum absolute atomic E-state index is 15.2. The van der Waals surface area contributed by atoms with Crippen LogP contribution >= 0.6 is 0 Å². The highest BCUT2D eigenvalue weighted by Crippen LogP contribution is 2.52. The summed E-state index contributed by atoms with van der Waals surface area (Å²) < 4.78 is 66.6. The van der Waals surface area contributed by atoms with Crippen LogP contribution < -0.4 is 24.3 Å². The van der Waals surface area contributed by atoms with E-state index < -0.39 is 40.3 Å². The molecular weight excluding hydrogens is 545 g/mol. The van der Waals surface area contributed by atoms with Crippen molar-refractivity contribution in [2.45, 2.75) is 44.9 Å². The van der Waals surface area contributed by atoms with Gasteiger partial charge in [0.1, 0.15) is 5.75 Å². The fraction of sp³-hybridized carbons (Fsp3) is 0.414. The molecule has 9 nitrogen and oxygen atoms in total. The van der Waals surface area contributed by atoms with E-state index in [1.807, 2.05) is 5.32 Å². The molecule has 1 aliphatic heterocycles. The number of carbonyl (C=O) groups is 3. The molecular formula is C29H31F3N2O7. The molecule has 41 heavy (non-hydrogen) atoms. The molecule has 1 atom stereocenters. The lowest BCUT2D eigenvalue weighted by atomic mass is 9.72. The van der Waals surface area contributed by atoms with E-state index in [-0.39, 0.29) is 47.9 Å². The van der Waals surface area contributed by atoms with Gasteiger partial charge in [-0.2, -0.15) is 13.2 Å². The molecule has 220 valence electrons. The summed E-state index contributed by atoms with van der Waals surface area (Å²) in [4.78, 5) is 41.9. The number of benzene rings is 2. The lowest BCUT2D eigenvalue weighted by Gasteiger charge is -2.35. The maximum atomic E-state index is 15.2. The predicted octanol–water partition coefficient (Wildman–Crippen LogP) is 4.44. The van der Waals surface area contributed by atoms with E-state index in [1.54, 1.807) is 38.1 Å². The Morgan fingerprint density at radius 2 is 1.51 bits per heavy atom. The predicted molar refractivity (Wildman–Crippen MR) is 141 cm³/mol. The van der Waals surface area contributed by atoms with Gasteiger partial charge in [0.05, 0.1) is 40.6 Å². The van der Waals surface area contributed by atoms with Gasteiger partial charge in [-0.3, -0.25) is 14.4 Å². The standard InChI is InChI=1S/C29H31F3N2O7/c1-27(2)13-18-23(19(35)14-27)28(29(30,31)32,26(37)34(18)15-16-9-7-8-10-20(16)38-3)33-25(36)17-11-21(39-4)24(41-6)22(12-17)40-5/h7-12H,13-15H2,1-6H3,(H,33,36)/t28-/m1/s1. The van der Waals surface area contributed by atoms with Crippen molar-refractivity contribution in [1.29, 1.82) is 0 Å². The van der Waals surface area contributed by atoms with Gasteiger partial charge in [0.15, 0.2) is 17.3 Å². The Hall–Kier alpha value is -4.22. The Labute approximate surface area is 235 Å². The second-order valence-corrected chi connectivity index (χ2v) is 10.6. The van der Waals surface area contributed by atoms with Crippen molar-refractivity contribution < 1.29 is 46.5 Å². The van der Waals surface area contributed by atoms with Crippen molar-refractivity contribution in [1.82, 2.24) is 10.2 Å². The molecule has 0 saturated heterocycles. The van der Waals surface area contributed by atoms with Crippen LogP contribution in [-0.4, -0.2) is 62.7 Å². The third kappa shape index (κ3) is 4.95. The molecule has 12 heteroatoms. The van der Waals surface area contributed by atoms with E-state index in [9.17, 15) is 14.4 Å². The molecule has 2 aliphatic rings. The Bertz CT molecular complexity index is 1410. The van der Waals surface area contributed by atoms with E-state index >= 15 is 13.2 Å². The summed E-state index contributed by atoms with van der Waals surface area (Å²) in [5.74, 6) is -3.10. The number of nitrogens with one attached hydrogen (secondary N) is 1. The number of ketones is 1. The number of para-hydroxylation sites is 1. The largest absolute Gasteiger partial charge is 0.496 e. The minimum atomic E-state index is -5.37. The van der Waals surface area contributed by atoms with Crippen molar-refractivity contribution in [3.63, 3.8) is 0 Å². The van der Waals surface area contributed by atoms with Crippen molar-refractivity contribution in [2.24, 2.45) is 5.41 Å². The third-order valence-electron chi connectivity index (χ3n) is 7.29. The summed E-state index contributed by atoms with van der Waals surface area (Å²) >= 11 is 0. The average Bonchev–Trinajstić information content (AvgIpc) is 3.14. The van der Waals surface area contributed by atoms with Gasteiger partial charge in [-0.1, -0.05) is 32.0 Å². The van der Waals surface area contributed by atoms with Crippen LogP contribution in [0.2, 0.25) is 0 Å². The van der Waals surface area contributed by atoms with Crippen LogP contribution in [0.3, 0.4) is 0 Å². The van der Waals surface area contributed by atoms with Crippen LogP contribution in [0.15, 0.2) is 47.7 Å².